The summed E-state index contributed by atoms with van der Waals surface area (Å²) in [5, 5.41) is 5.79. The van der Waals surface area contributed by atoms with Crippen molar-refractivity contribution >= 4 is 17.1 Å². The average molecular weight is 288 g/mol. The van der Waals surface area contributed by atoms with E-state index in [0.29, 0.717) is 6.54 Å². The average Bonchev–Trinajstić information content (AvgIpc) is 2.79. The zero-order chi connectivity index (χ0) is 15.2. The van der Waals surface area contributed by atoms with Crippen molar-refractivity contribution in [1.82, 2.24) is 20.2 Å². The maximum atomic E-state index is 11.6. The summed E-state index contributed by atoms with van der Waals surface area (Å²) < 4.78 is 2.20. The van der Waals surface area contributed by atoms with E-state index in [1.807, 2.05) is 32.0 Å². The van der Waals surface area contributed by atoms with Gasteiger partial charge in [-0.2, -0.15) is 0 Å². The van der Waals surface area contributed by atoms with Crippen LogP contribution in [0.25, 0.3) is 11.0 Å². The van der Waals surface area contributed by atoms with Crippen LogP contribution in [0.15, 0.2) is 24.3 Å². The van der Waals surface area contributed by atoms with E-state index in [1.165, 1.54) is 0 Å². The van der Waals surface area contributed by atoms with Gasteiger partial charge in [-0.15, -0.1) is 0 Å². The topological polar surface area (TPSA) is 59.0 Å². The number of nitrogens with one attached hydrogen (secondary N) is 2. The number of carbonyl (C=O) groups excluding carboxylic acids is 1. The standard InChI is InChI=1S/C16H24N4O/c1-4-12(2)18-16(21)17-10-7-11-20-13(3)19-14-8-5-6-9-15(14)20/h5-6,8-9,12H,4,7,10-11H2,1-3H3,(H2,17,18,21). The van der Waals surface area contributed by atoms with Crippen molar-refractivity contribution in [3.05, 3.63) is 30.1 Å². The molecule has 114 valence electrons. The normalized spacial score (nSPS) is 12.3. The summed E-state index contributed by atoms with van der Waals surface area (Å²) in [5.74, 6) is 1.01. The van der Waals surface area contributed by atoms with Gasteiger partial charge in [-0.05, 0) is 38.8 Å². The summed E-state index contributed by atoms with van der Waals surface area (Å²) in [6.07, 6.45) is 1.82. The third kappa shape index (κ3) is 3.97. The van der Waals surface area contributed by atoms with Crippen LogP contribution in [0.1, 0.15) is 32.5 Å². The summed E-state index contributed by atoms with van der Waals surface area (Å²) in [6, 6.07) is 8.26. The van der Waals surface area contributed by atoms with Gasteiger partial charge < -0.3 is 15.2 Å². The maximum absolute atomic E-state index is 11.6. The minimum Gasteiger partial charge on any atom is -0.338 e. The number of rotatable bonds is 6. The van der Waals surface area contributed by atoms with Crippen LogP contribution in [0, 0.1) is 6.92 Å². The highest BCUT2D eigenvalue weighted by molar-refractivity contribution is 5.76. The summed E-state index contributed by atoms with van der Waals surface area (Å²) >= 11 is 0. The van der Waals surface area contributed by atoms with E-state index in [-0.39, 0.29) is 12.1 Å². The number of carbonyl (C=O) groups is 1. The highest BCUT2D eigenvalue weighted by Gasteiger charge is 2.07. The Hall–Kier alpha value is -2.04. The Labute approximate surface area is 125 Å². The Morgan fingerprint density at radius 2 is 2.14 bits per heavy atom. The molecule has 0 aliphatic rings. The number of amides is 2. The van der Waals surface area contributed by atoms with Crippen LogP contribution in [-0.4, -0.2) is 28.2 Å². The highest BCUT2D eigenvalue weighted by atomic mass is 16.2. The zero-order valence-electron chi connectivity index (χ0n) is 13.0. The minimum absolute atomic E-state index is 0.0865. The van der Waals surface area contributed by atoms with Gasteiger partial charge >= 0.3 is 6.03 Å². The van der Waals surface area contributed by atoms with Crippen molar-refractivity contribution in [2.45, 2.75) is 46.2 Å². The molecule has 2 amide bonds. The van der Waals surface area contributed by atoms with E-state index in [2.05, 4.69) is 33.2 Å². The summed E-state index contributed by atoms with van der Waals surface area (Å²) in [6.45, 7) is 7.59. The summed E-state index contributed by atoms with van der Waals surface area (Å²) in [7, 11) is 0. The molecule has 21 heavy (non-hydrogen) atoms. The van der Waals surface area contributed by atoms with Gasteiger partial charge in [0.15, 0.2) is 0 Å². The van der Waals surface area contributed by atoms with Gasteiger partial charge in [0.1, 0.15) is 5.82 Å². The molecule has 0 bridgehead atoms. The lowest BCUT2D eigenvalue weighted by Gasteiger charge is -2.13. The van der Waals surface area contributed by atoms with Gasteiger partial charge in [0.05, 0.1) is 11.0 Å². The Bertz CT molecular complexity index is 605. The van der Waals surface area contributed by atoms with E-state index in [9.17, 15) is 4.79 Å². The predicted molar refractivity (Wildman–Crippen MR) is 85.4 cm³/mol. The molecule has 1 aromatic heterocycles. The van der Waals surface area contributed by atoms with Crippen LogP contribution in [0.3, 0.4) is 0 Å². The van der Waals surface area contributed by atoms with Gasteiger partial charge in [-0.1, -0.05) is 19.1 Å². The lowest BCUT2D eigenvalue weighted by Crippen LogP contribution is -2.40. The van der Waals surface area contributed by atoms with Crippen molar-refractivity contribution < 1.29 is 4.79 Å². The molecule has 2 N–H and O–H groups in total. The third-order valence-electron chi connectivity index (χ3n) is 3.68. The van der Waals surface area contributed by atoms with Gasteiger partial charge in [0.25, 0.3) is 0 Å². The molecular weight excluding hydrogens is 264 g/mol. The van der Waals surface area contributed by atoms with Crippen LogP contribution >= 0.6 is 0 Å². The molecule has 0 fully saturated rings. The van der Waals surface area contributed by atoms with Crippen LogP contribution in [-0.2, 0) is 6.54 Å². The fourth-order valence-corrected chi connectivity index (χ4v) is 2.29. The molecule has 2 rings (SSSR count). The monoisotopic (exact) mass is 288 g/mol. The fraction of sp³-hybridized carbons (Fsp3) is 0.500. The molecule has 1 atom stereocenters. The SMILES string of the molecule is CCC(C)NC(=O)NCCCn1c(C)nc2ccccc21. The van der Waals surface area contributed by atoms with Crippen LogP contribution < -0.4 is 10.6 Å². The number of aryl methyl sites for hydroxylation is 2. The van der Waals surface area contributed by atoms with Crippen molar-refractivity contribution in [3.8, 4) is 0 Å². The molecule has 1 unspecified atom stereocenters. The minimum atomic E-state index is -0.0865. The first-order valence-corrected chi connectivity index (χ1v) is 7.58. The van der Waals surface area contributed by atoms with Crippen molar-refractivity contribution in [2.24, 2.45) is 0 Å². The number of fused-ring (bicyclic) bond motifs is 1. The Kier molecular flexibility index (Phi) is 5.20. The Morgan fingerprint density at radius 1 is 1.38 bits per heavy atom. The van der Waals surface area contributed by atoms with Gasteiger partial charge in [-0.25, -0.2) is 9.78 Å². The van der Waals surface area contributed by atoms with E-state index in [0.717, 1.165) is 36.2 Å². The molecule has 5 heteroatoms. The Balaban J connectivity index is 1.83. The molecule has 2 aromatic rings. The number of hydrogen-bond acceptors (Lipinski definition) is 2. The lowest BCUT2D eigenvalue weighted by molar-refractivity contribution is 0.237. The smallest absolute Gasteiger partial charge is 0.314 e. The number of nitrogens with zero attached hydrogens (tertiary/aromatic N) is 2. The predicted octanol–water partition coefficient (Wildman–Crippen LogP) is 2.83. The molecule has 0 radical (unpaired) electrons. The van der Waals surface area contributed by atoms with Crippen LogP contribution in [0.2, 0.25) is 0 Å². The molecule has 0 spiro atoms. The van der Waals surface area contributed by atoms with Crippen molar-refractivity contribution in [1.29, 1.82) is 0 Å². The lowest BCUT2D eigenvalue weighted by atomic mass is 10.3. The van der Waals surface area contributed by atoms with E-state index in [4.69, 9.17) is 0 Å². The quantitative estimate of drug-likeness (QED) is 0.803. The van der Waals surface area contributed by atoms with Crippen LogP contribution in [0.5, 0.6) is 0 Å². The second-order valence-corrected chi connectivity index (χ2v) is 5.36. The number of hydrogen-bond donors (Lipinski definition) is 2. The summed E-state index contributed by atoms with van der Waals surface area (Å²) in [5.41, 5.74) is 2.18. The molecule has 0 saturated heterocycles. The first kappa shape index (κ1) is 15.4. The molecule has 0 aliphatic heterocycles. The molecule has 1 aromatic carbocycles. The molecule has 5 nitrogen and oxygen atoms in total. The number of aromatic nitrogens is 2. The van der Waals surface area contributed by atoms with E-state index >= 15 is 0 Å². The molecule has 0 saturated carbocycles. The van der Waals surface area contributed by atoms with Gasteiger partial charge in [0.2, 0.25) is 0 Å². The van der Waals surface area contributed by atoms with E-state index < -0.39 is 0 Å². The largest absolute Gasteiger partial charge is 0.338 e. The molecular formula is C16H24N4O. The first-order valence-electron chi connectivity index (χ1n) is 7.58. The first-order chi connectivity index (χ1) is 10.1. The van der Waals surface area contributed by atoms with Crippen molar-refractivity contribution in [3.63, 3.8) is 0 Å². The molecule has 0 aliphatic carbocycles. The highest BCUT2D eigenvalue weighted by Crippen LogP contribution is 2.15. The zero-order valence-corrected chi connectivity index (χ0v) is 13.0. The number of urea groups is 1. The van der Waals surface area contributed by atoms with E-state index in [1.54, 1.807) is 0 Å². The number of para-hydroxylation sites is 2. The molecule has 1 heterocycles. The summed E-state index contributed by atoms with van der Waals surface area (Å²) in [4.78, 5) is 16.2. The van der Waals surface area contributed by atoms with Crippen molar-refractivity contribution in [2.75, 3.05) is 6.54 Å². The second-order valence-electron chi connectivity index (χ2n) is 5.36. The second kappa shape index (κ2) is 7.11. The number of imidazole rings is 1. The van der Waals surface area contributed by atoms with Crippen LogP contribution in [0.4, 0.5) is 4.79 Å². The van der Waals surface area contributed by atoms with Gasteiger partial charge in [-0.3, -0.25) is 0 Å². The fourth-order valence-electron chi connectivity index (χ4n) is 2.29. The number of benzene rings is 1. The van der Waals surface area contributed by atoms with Gasteiger partial charge in [0, 0.05) is 19.1 Å². The Morgan fingerprint density at radius 3 is 2.90 bits per heavy atom. The third-order valence-corrected chi connectivity index (χ3v) is 3.68. The maximum Gasteiger partial charge on any atom is 0.314 e.